The molecule has 2 atom stereocenters. The summed E-state index contributed by atoms with van der Waals surface area (Å²) in [5.74, 6) is 0.698. The second-order valence-corrected chi connectivity index (χ2v) is 7.37. The number of benzene rings is 2. The fourth-order valence-electron chi connectivity index (χ4n) is 3.98. The third-order valence-electron chi connectivity index (χ3n) is 5.67. The van der Waals surface area contributed by atoms with Gasteiger partial charge in [0.25, 0.3) is 5.91 Å². The van der Waals surface area contributed by atoms with Crippen molar-refractivity contribution in [3.8, 4) is 5.75 Å². The molecule has 7 nitrogen and oxygen atoms in total. The zero-order chi connectivity index (χ0) is 20.2. The van der Waals surface area contributed by atoms with E-state index in [1.807, 2.05) is 40.1 Å². The van der Waals surface area contributed by atoms with Gasteiger partial charge in [0.1, 0.15) is 5.75 Å². The molecule has 0 spiro atoms. The highest BCUT2D eigenvalue weighted by molar-refractivity contribution is 5.94. The number of hydrazine groups is 1. The molecule has 2 aliphatic rings. The first-order valence-electron chi connectivity index (χ1n) is 9.93. The number of piperazine rings is 1. The Morgan fingerprint density at radius 2 is 1.59 bits per heavy atom. The van der Waals surface area contributed by atoms with Crippen molar-refractivity contribution in [2.24, 2.45) is 5.92 Å². The molecular weight excluding hydrogens is 368 g/mol. The maximum atomic E-state index is 13.1. The molecule has 2 heterocycles. The number of hydrogen-bond acceptors (Lipinski definition) is 5. The van der Waals surface area contributed by atoms with Gasteiger partial charge in [-0.1, -0.05) is 30.3 Å². The van der Waals surface area contributed by atoms with Crippen LogP contribution in [0.1, 0.15) is 22.0 Å². The Hall–Kier alpha value is -2.90. The van der Waals surface area contributed by atoms with Crippen LogP contribution in [0.25, 0.3) is 0 Å². The SMILES string of the molecule is COc1ccc(C(=O)N2CCN(C(=O)C3CNNC3c3ccccc3)CC2)cc1. The number of hydrogen-bond donors (Lipinski definition) is 2. The second-order valence-electron chi connectivity index (χ2n) is 7.37. The number of nitrogens with zero attached hydrogens (tertiary/aromatic N) is 2. The van der Waals surface area contributed by atoms with Gasteiger partial charge in [0.15, 0.2) is 0 Å². The highest BCUT2D eigenvalue weighted by atomic mass is 16.5. The molecule has 7 heteroatoms. The molecule has 2 aromatic rings. The second kappa shape index (κ2) is 8.63. The molecule has 29 heavy (non-hydrogen) atoms. The molecule has 2 amide bonds. The first kappa shape index (κ1) is 19.4. The van der Waals surface area contributed by atoms with Gasteiger partial charge in [0.05, 0.1) is 19.1 Å². The summed E-state index contributed by atoms with van der Waals surface area (Å²) in [6.07, 6.45) is 0. The van der Waals surface area contributed by atoms with Crippen LogP contribution in [-0.4, -0.2) is 61.4 Å². The molecule has 0 aliphatic carbocycles. The Labute approximate surface area is 170 Å². The molecule has 0 bridgehead atoms. The van der Waals surface area contributed by atoms with E-state index in [-0.39, 0.29) is 23.8 Å². The Morgan fingerprint density at radius 1 is 0.931 bits per heavy atom. The normalized spacial score (nSPS) is 21.8. The van der Waals surface area contributed by atoms with E-state index in [1.54, 1.807) is 31.4 Å². The number of amides is 2. The lowest BCUT2D eigenvalue weighted by Gasteiger charge is -2.36. The number of methoxy groups -OCH3 is 1. The van der Waals surface area contributed by atoms with Crippen LogP contribution in [-0.2, 0) is 4.79 Å². The summed E-state index contributed by atoms with van der Waals surface area (Å²) >= 11 is 0. The van der Waals surface area contributed by atoms with Crippen LogP contribution in [0.3, 0.4) is 0 Å². The quantitative estimate of drug-likeness (QED) is 0.821. The Bertz CT molecular complexity index is 848. The van der Waals surface area contributed by atoms with Gasteiger partial charge in [-0.15, -0.1) is 0 Å². The van der Waals surface area contributed by atoms with Crippen LogP contribution in [0.5, 0.6) is 5.75 Å². The van der Waals surface area contributed by atoms with Gasteiger partial charge in [-0.05, 0) is 29.8 Å². The van der Waals surface area contributed by atoms with Gasteiger partial charge < -0.3 is 14.5 Å². The lowest BCUT2D eigenvalue weighted by atomic mass is 9.93. The first-order valence-corrected chi connectivity index (χ1v) is 9.93. The molecule has 152 valence electrons. The third kappa shape index (κ3) is 4.11. The van der Waals surface area contributed by atoms with Crippen molar-refractivity contribution in [1.82, 2.24) is 20.7 Å². The van der Waals surface area contributed by atoms with Crippen LogP contribution in [0.2, 0.25) is 0 Å². The standard InChI is InChI=1S/C22H26N4O3/c1-29-18-9-7-17(8-10-18)21(27)25-11-13-26(14-12-25)22(28)19-15-23-24-20(19)16-5-3-2-4-6-16/h2-10,19-20,23-24H,11-15H2,1H3. The average molecular weight is 394 g/mol. The topological polar surface area (TPSA) is 73.9 Å². The van der Waals surface area contributed by atoms with E-state index < -0.39 is 0 Å². The number of nitrogens with one attached hydrogen (secondary N) is 2. The monoisotopic (exact) mass is 394 g/mol. The minimum Gasteiger partial charge on any atom is -0.497 e. The molecule has 0 saturated carbocycles. The van der Waals surface area contributed by atoms with Crippen LogP contribution in [0.15, 0.2) is 54.6 Å². The average Bonchev–Trinajstić information content (AvgIpc) is 3.29. The van der Waals surface area contributed by atoms with Gasteiger partial charge >= 0.3 is 0 Å². The van der Waals surface area contributed by atoms with Gasteiger partial charge in [-0.25, -0.2) is 5.43 Å². The van der Waals surface area contributed by atoms with Crippen LogP contribution < -0.4 is 15.6 Å². The fraction of sp³-hybridized carbons (Fsp3) is 0.364. The number of ether oxygens (including phenoxy) is 1. The van der Waals surface area contributed by atoms with Crippen LogP contribution in [0, 0.1) is 5.92 Å². The van der Waals surface area contributed by atoms with Gasteiger partial charge in [-0.3, -0.25) is 15.0 Å². The van der Waals surface area contributed by atoms with Crippen LogP contribution in [0.4, 0.5) is 0 Å². The van der Waals surface area contributed by atoms with E-state index in [1.165, 1.54) is 0 Å². The maximum Gasteiger partial charge on any atom is 0.253 e. The minimum atomic E-state index is -0.152. The van der Waals surface area contributed by atoms with Crippen molar-refractivity contribution in [2.75, 3.05) is 39.8 Å². The molecule has 0 aromatic heterocycles. The van der Waals surface area contributed by atoms with Crippen molar-refractivity contribution < 1.29 is 14.3 Å². The predicted molar refractivity (Wildman–Crippen MR) is 109 cm³/mol. The summed E-state index contributed by atoms with van der Waals surface area (Å²) in [7, 11) is 1.60. The Balaban J connectivity index is 1.36. The molecule has 2 aromatic carbocycles. The largest absolute Gasteiger partial charge is 0.497 e. The lowest BCUT2D eigenvalue weighted by molar-refractivity contribution is -0.137. The maximum absolute atomic E-state index is 13.1. The summed E-state index contributed by atoms with van der Waals surface area (Å²) in [6, 6.07) is 17.1. The first-order chi connectivity index (χ1) is 14.2. The molecule has 2 unspecified atom stereocenters. The summed E-state index contributed by atoms with van der Waals surface area (Å²) in [6.45, 7) is 2.79. The molecule has 4 rings (SSSR count). The number of rotatable bonds is 4. The summed E-state index contributed by atoms with van der Waals surface area (Å²) in [5, 5.41) is 0. The summed E-state index contributed by atoms with van der Waals surface area (Å²) < 4.78 is 5.14. The molecule has 2 saturated heterocycles. The molecular formula is C22H26N4O3. The van der Waals surface area contributed by atoms with Crippen molar-refractivity contribution in [3.63, 3.8) is 0 Å². The number of carbonyl (C=O) groups excluding carboxylic acids is 2. The Morgan fingerprint density at radius 3 is 2.24 bits per heavy atom. The molecule has 0 radical (unpaired) electrons. The van der Waals surface area contributed by atoms with E-state index in [0.29, 0.717) is 38.3 Å². The van der Waals surface area contributed by atoms with Gasteiger partial charge in [0, 0.05) is 38.3 Å². The Kier molecular flexibility index (Phi) is 5.78. The lowest BCUT2D eigenvalue weighted by Crippen LogP contribution is -2.52. The summed E-state index contributed by atoms with van der Waals surface area (Å²) in [5.41, 5.74) is 8.09. The third-order valence-corrected chi connectivity index (χ3v) is 5.67. The minimum absolute atomic E-state index is 0.00823. The van der Waals surface area contributed by atoms with Crippen molar-refractivity contribution in [3.05, 3.63) is 65.7 Å². The molecule has 2 aliphatic heterocycles. The van der Waals surface area contributed by atoms with E-state index in [0.717, 1.165) is 11.3 Å². The van der Waals surface area contributed by atoms with E-state index in [2.05, 4.69) is 10.9 Å². The van der Waals surface area contributed by atoms with Crippen LogP contribution >= 0.6 is 0 Å². The molecule has 2 fully saturated rings. The zero-order valence-electron chi connectivity index (χ0n) is 16.5. The van der Waals surface area contributed by atoms with Gasteiger partial charge in [-0.2, -0.15) is 0 Å². The van der Waals surface area contributed by atoms with Gasteiger partial charge in [0.2, 0.25) is 5.91 Å². The highest BCUT2D eigenvalue weighted by Crippen LogP contribution is 2.27. The van der Waals surface area contributed by atoms with E-state index in [4.69, 9.17) is 4.74 Å². The van der Waals surface area contributed by atoms with Crippen molar-refractivity contribution >= 4 is 11.8 Å². The predicted octanol–water partition coefficient (Wildman–Crippen LogP) is 1.44. The van der Waals surface area contributed by atoms with E-state index in [9.17, 15) is 9.59 Å². The smallest absolute Gasteiger partial charge is 0.253 e. The highest BCUT2D eigenvalue weighted by Gasteiger charge is 2.37. The fourth-order valence-corrected chi connectivity index (χ4v) is 3.98. The molecule has 2 N–H and O–H groups in total. The van der Waals surface area contributed by atoms with E-state index >= 15 is 0 Å². The zero-order valence-corrected chi connectivity index (χ0v) is 16.5. The van der Waals surface area contributed by atoms with Crippen molar-refractivity contribution in [2.45, 2.75) is 6.04 Å². The summed E-state index contributed by atoms with van der Waals surface area (Å²) in [4.78, 5) is 29.6. The number of carbonyl (C=O) groups is 2. The van der Waals surface area contributed by atoms with Crippen molar-refractivity contribution in [1.29, 1.82) is 0 Å².